The standard InChI is InChI=1S/C14H16N2O2/c1-9(2)16-8-12(7-15-16)11-4-5-13(14(17)18)10(3)6-11/h4-9H,1-3H3,(H,17,18). The average Bonchev–Trinajstić information content (AvgIpc) is 2.77. The Bertz CT molecular complexity index is 585. The van der Waals surface area contributed by atoms with Crippen LogP contribution in [0.5, 0.6) is 0 Å². The van der Waals surface area contributed by atoms with Crippen molar-refractivity contribution < 1.29 is 9.90 Å². The summed E-state index contributed by atoms with van der Waals surface area (Å²) >= 11 is 0. The van der Waals surface area contributed by atoms with Crippen LogP contribution >= 0.6 is 0 Å². The molecule has 0 amide bonds. The van der Waals surface area contributed by atoms with Crippen molar-refractivity contribution in [3.63, 3.8) is 0 Å². The second-order valence-electron chi connectivity index (χ2n) is 4.64. The Hall–Kier alpha value is -2.10. The van der Waals surface area contributed by atoms with Crippen LogP contribution in [0.25, 0.3) is 11.1 Å². The van der Waals surface area contributed by atoms with E-state index in [1.54, 1.807) is 19.2 Å². The monoisotopic (exact) mass is 244 g/mol. The summed E-state index contributed by atoms with van der Waals surface area (Å²) in [4.78, 5) is 10.9. The molecular formula is C14H16N2O2. The number of carboxylic acids is 1. The van der Waals surface area contributed by atoms with Crippen LogP contribution < -0.4 is 0 Å². The van der Waals surface area contributed by atoms with Crippen molar-refractivity contribution in [2.75, 3.05) is 0 Å². The van der Waals surface area contributed by atoms with E-state index in [-0.39, 0.29) is 0 Å². The maximum atomic E-state index is 10.9. The number of carbonyl (C=O) groups is 1. The van der Waals surface area contributed by atoms with E-state index < -0.39 is 5.97 Å². The van der Waals surface area contributed by atoms with Crippen LogP contribution in [-0.4, -0.2) is 20.9 Å². The summed E-state index contributed by atoms with van der Waals surface area (Å²) < 4.78 is 1.88. The summed E-state index contributed by atoms with van der Waals surface area (Å²) in [5.74, 6) is -0.892. The fourth-order valence-corrected chi connectivity index (χ4v) is 1.85. The Morgan fingerprint density at radius 3 is 2.56 bits per heavy atom. The molecular weight excluding hydrogens is 228 g/mol. The summed E-state index contributed by atoms with van der Waals surface area (Å²) in [7, 11) is 0. The minimum absolute atomic E-state index is 0.318. The number of carboxylic acid groups (broad SMARTS) is 1. The van der Waals surface area contributed by atoms with Crippen molar-refractivity contribution in [3.8, 4) is 11.1 Å². The molecule has 0 aliphatic heterocycles. The highest BCUT2D eigenvalue weighted by atomic mass is 16.4. The summed E-state index contributed by atoms with van der Waals surface area (Å²) in [6, 6.07) is 5.65. The van der Waals surface area contributed by atoms with Gasteiger partial charge in [0.05, 0.1) is 11.8 Å². The van der Waals surface area contributed by atoms with Crippen LogP contribution in [-0.2, 0) is 0 Å². The summed E-state index contributed by atoms with van der Waals surface area (Å²) in [5, 5.41) is 13.3. The normalized spacial score (nSPS) is 10.9. The highest BCUT2D eigenvalue weighted by molar-refractivity contribution is 5.90. The molecule has 2 aromatic rings. The molecule has 94 valence electrons. The van der Waals surface area contributed by atoms with Crippen LogP contribution in [0.3, 0.4) is 0 Å². The summed E-state index contributed by atoms with van der Waals surface area (Å²) in [6.07, 6.45) is 3.77. The van der Waals surface area contributed by atoms with Gasteiger partial charge in [0, 0.05) is 17.8 Å². The van der Waals surface area contributed by atoms with Crippen molar-refractivity contribution in [2.24, 2.45) is 0 Å². The van der Waals surface area contributed by atoms with Gasteiger partial charge >= 0.3 is 5.97 Å². The molecule has 0 unspecified atom stereocenters. The van der Waals surface area contributed by atoms with E-state index in [1.807, 2.05) is 23.0 Å². The van der Waals surface area contributed by atoms with Gasteiger partial charge in [-0.2, -0.15) is 5.10 Å². The van der Waals surface area contributed by atoms with Crippen LogP contribution in [0, 0.1) is 6.92 Å². The van der Waals surface area contributed by atoms with E-state index >= 15 is 0 Å². The first-order valence-corrected chi connectivity index (χ1v) is 5.87. The molecule has 1 heterocycles. The molecule has 0 saturated heterocycles. The highest BCUT2D eigenvalue weighted by Crippen LogP contribution is 2.22. The summed E-state index contributed by atoms with van der Waals surface area (Å²) in [5.41, 5.74) is 3.10. The van der Waals surface area contributed by atoms with Gasteiger partial charge in [0.25, 0.3) is 0 Å². The van der Waals surface area contributed by atoms with E-state index in [0.29, 0.717) is 11.6 Å². The number of aryl methyl sites for hydroxylation is 1. The van der Waals surface area contributed by atoms with Gasteiger partial charge in [-0.05, 0) is 38.0 Å². The molecule has 0 spiro atoms. The van der Waals surface area contributed by atoms with Crippen LogP contribution in [0.15, 0.2) is 30.6 Å². The van der Waals surface area contributed by atoms with E-state index in [9.17, 15) is 4.79 Å². The molecule has 1 aromatic heterocycles. The topological polar surface area (TPSA) is 55.1 Å². The Morgan fingerprint density at radius 1 is 1.33 bits per heavy atom. The molecule has 1 N–H and O–H groups in total. The van der Waals surface area contributed by atoms with Crippen molar-refractivity contribution in [1.82, 2.24) is 9.78 Å². The maximum absolute atomic E-state index is 10.9. The number of aromatic nitrogens is 2. The summed E-state index contributed by atoms with van der Waals surface area (Å²) in [6.45, 7) is 5.94. The van der Waals surface area contributed by atoms with Gasteiger partial charge in [-0.3, -0.25) is 4.68 Å². The lowest BCUT2D eigenvalue weighted by Crippen LogP contribution is -2.00. The van der Waals surface area contributed by atoms with Crippen LogP contribution in [0.2, 0.25) is 0 Å². The second kappa shape index (κ2) is 4.64. The van der Waals surface area contributed by atoms with Gasteiger partial charge in [-0.15, -0.1) is 0 Å². The fraction of sp³-hybridized carbons (Fsp3) is 0.286. The van der Waals surface area contributed by atoms with Crippen molar-refractivity contribution in [2.45, 2.75) is 26.8 Å². The first-order valence-electron chi connectivity index (χ1n) is 5.87. The molecule has 0 aliphatic rings. The van der Waals surface area contributed by atoms with Crippen molar-refractivity contribution in [3.05, 3.63) is 41.7 Å². The minimum Gasteiger partial charge on any atom is -0.478 e. The molecule has 1 aromatic carbocycles. The maximum Gasteiger partial charge on any atom is 0.335 e. The van der Waals surface area contributed by atoms with Gasteiger partial charge in [-0.1, -0.05) is 12.1 Å². The Morgan fingerprint density at radius 2 is 2.06 bits per heavy atom. The van der Waals surface area contributed by atoms with Gasteiger partial charge in [-0.25, -0.2) is 4.79 Å². The van der Waals surface area contributed by atoms with E-state index in [2.05, 4.69) is 18.9 Å². The smallest absolute Gasteiger partial charge is 0.335 e. The number of hydrogen-bond acceptors (Lipinski definition) is 2. The zero-order valence-corrected chi connectivity index (χ0v) is 10.7. The fourth-order valence-electron chi connectivity index (χ4n) is 1.85. The third kappa shape index (κ3) is 2.27. The third-order valence-electron chi connectivity index (χ3n) is 2.92. The third-order valence-corrected chi connectivity index (χ3v) is 2.92. The molecule has 2 rings (SSSR count). The quantitative estimate of drug-likeness (QED) is 0.902. The lowest BCUT2D eigenvalue weighted by atomic mass is 10.0. The molecule has 0 aliphatic carbocycles. The van der Waals surface area contributed by atoms with Gasteiger partial charge in [0.1, 0.15) is 0 Å². The van der Waals surface area contributed by atoms with Crippen molar-refractivity contribution >= 4 is 5.97 Å². The molecule has 0 bridgehead atoms. The Kier molecular flexibility index (Phi) is 3.19. The first-order chi connectivity index (χ1) is 8.49. The molecule has 18 heavy (non-hydrogen) atoms. The van der Waals surface area contributed by atoms with E-state index in [4.69, 9.17) is 5.11 Å². The largest absolute Gasteiger partial charge is 0.478 e. The zero-order valence-electron chi connectivity index (χ0n) is 10.7. The molecule has 0 radical (unpaired) electrons. The molecule has 0 fully saturated rings. The SMILES string of the molecule is Cc1cc(-c2cnn(C(C)C)c2)ccc1C(=O)O. The van der Waals surface area contributed by atoms with E-state index in [0.717, 1.165) is 16.7 Å². The number of aromatic carboxylic acids is 1. The molecule has 0 saturated carbocycles. The predicted octanol–water partition coefficient (Wildman–Crippen LogP) is 3.14. The van der Waals surface area contributed by atoms with E-state index in [1.165, 1.54) is 0 Å². The number of hydrogen-bond donors (Lipinski definition) is 1. The second-order valence-corrected chi connectivity index (χ2v) is 4.64. The zero-order chi connectivity index (χ0) is 13.3. The van der Waals surface area contributed by atoms with Gasteiger partial charge in [0.2, 0.25) is 0 Å². The molecule has 4 heteroatoms. The van der Waals surface area contributed by atoms with Crippen LogP contribution in [0.1, 0.15) is 35.8 Å². The molecule has 0 atom stereocenters. The van der Waals surface area contributed by atoms with Gasteiger partial charge < -0.3 is 5.11 Å². The Balaban J connectivity index is 2.39. The Labute approximate surface area is 106 Å². The predicted molar refractivity (Wildman–Crippen MR) is 69.7 cm³/mol. The first kappa shape index (κ1) is 12.4. The lowest BCUT2D eigenvalue weighted by molar-refractivity contribution is 0.0696. The molecule has 4 nitrogen and oxygen atoms in total. The lowest BCUT2D eigenvalue weighted by Gasteiger charge is -2.05. The number of rotatable bonds is 3. The van der Waals surface area contributed by atoms with Gasteiger partial charge in [0.15, 0.2) is 0 Å². The van der Waals surface area contributed by atoms with Crippen molar-refractivity contribution in [1.29, 1.82) is 0 Å². The number of benzene rings is 1. The average molecular weight is 244 g/mol. The van der Waals surface area contributed by atoms with Crippen LogP contribution in [0.4, 0.5) is 0 Å². The minimum atomic E-state index is -0.892. The number of nitrogens with zero attached hydrogens (tertiary/aromatic N) is 2. The highest BCUT2D eigenvalue weighted by Gasteiger charge is 2.09.